The minimum atomic E-state index is -0.445. The summed E-state index contributed by atoms with van der Waals surface area (Å²) in [6.45, 7) is 2.18. The molecule has 2 aromatic heterocycles. The van der Waals surface area contributed by atoms with Crippen LogP contribution >= 0.6 is 23.3 Å². The number of benzene rings is 1. The van der Waals surface area contributed by atoms with E-state index in [9.17, 15) is 9.59 Å². The van der Waals surface area contributed by atoms with Crippen molar-refractivity contribution in [3.05, 3.63) is 81.4 Å². The van der Waals surface area contributed by atoms with Crippen LogP contribution in [0.5, 0.6) is 0 Å². The van der Waals surface area contributed by atoms with Gasteiger partial charge in [-0.1, -0.05) is 48.2 Å². The number of nitrogens with two attached hydrogens (primary N) is 1. The van der Waals surface area contributed by atoms with Crippen LogP contribution in [0.1, 0.15) is 18.1 Å². The summed E-state index contributed by atoms with van der Waals surface area (Å²) in [5, 5.41) is 0.670. The molecule has 0 amide bonds. The number of fused-ring (bicyclic) bond motifs is 1. The predicted molar refractivity (Wildman–Crippen MR) is 119 cm³/mol. The fraction of sp³-hybridized carbons (Fsp3) is 0.143. The molecule has 0 saturated carbocycles. The smallest absolute Gasteiger partial charge is 0.283 e. The molecule has 30 heavy (non-hydrogen) atoms. The zero-order chi connectivity index (χ0) is 21.1. The fourth-order valence-electron chi connectivity index (χ4n) is 2.90. The Bertz CT molecular complexity index is 1260. The number of allylic oxidation sites excluding steroid dienone is 4. The summed E-state index contributed by atoms with van der Waals surface area (Å²) in [5.74, 6) is 0.995. The molecule has 1 aliphatic carbocycles. The third kappa shape index (κ3) is 4.07. The average Bonchev–Trinajstić information content (AvgIpc) is 3.15. The summed E-state index contributed by atoms with van der Waals surface area (Å²) in [4.78, 5) is 29.0. The van der Waals surface area contributed by atoms with Gasteiger partial charge in [0, 0.05) is 17.3 Å². The number of hydrogen-bond donors (Lipinski definition) is 1. The van der Waals surface area contributed by atoms with E-state index < -0.39 is 5.56 Å². The van der Waals surface area contributed by atoms with Crippen LogP contribution in [0.15, 0.2) is 69.8 Å². The first-order valence-electron chi connectivity index (χ1n) is 9.20. The Morgan fingerprint density at radius 3 is 2.80 bits per heavy atom. The van der Waals surface area contributed by atoms with Crippen LogP contribution in [0.3, 0.4) is 0 Å². The van der Waals surface area contributed by atoms with E-state index in [1.165, 1.54) is 17.8 Å². The van der Waals surface area contributed by atoms with Gasteiger partial charge < -0.3 is 10.5 Å². The summed E-state index contributed by atoms with van der Waals surface area (Å²) >= 11 is 2.65. The third-order valence-electron chi connectivity index (χ3n) is 4.32. The molecule has 2 N–H and O–H groups in total. The van der Waals surface area contributed by atoms with Crippen LogP contribution in [-0.4, -0.2) is 26.1 Å². The molecule has 0 unspecified atom stereocenters. The zero-order valence-electron chi connectivity index (χ0n) is 16.1. The number of nitrogens with zero attached hydrogens (tertiary/aromatic N) is 3. The van der Waals surface area contributed by atoms with Crippen molar-refractivity contribution in [3.8, 4) is 0 Å². The van der Waals surface area contributed by atoms with E-state index in [1.54, 1.807) is 29.6 Å². The second-order valence-electron chi connectivity index (χ2n) is 6.36. The van der Waals surface area contributed by atoms with Crippen molar-refractivity contribution in [2.45, 2.75) is 17.8 Å². The molecule has 0 radical (unpaired) electrons. The van der Waals surface area contributed by atoms with Crippen LogP contribution in [0.2, 0.25) is 0 Å². The molecule has 9 heteroatoms. The molecule has 3 aromatic rings. The number of aromatic nitrogens is 3. The molecule has 4 rings (SSSR count). The van der Waals surface area contributed by atoms with Gasteiger partial charge in [0.1, 0.15) is 5.82 Å². The van der Waals surface area contributed by atoms with Crippen LogP contribution in [0.25, 0.3) is 11.0 Å². The van der Waals surface area contributed by atoms with Gasteiger partial charge >= 0.3 is 0 Å². The highest BCUT2D eigenvalue weighted by molar-refractivity contribution is 7.98. The minimum Gasteiger partial charge on any atom is -0.490 e. The van der Waals surface area contributed by atoms with Gasteiger partial charge in [0.2, 0.25) is 10.7 Å². The molecular weight excluding hydrogens is 420 g/mol. The number of thioether (sulfide) groups is 1. The van der Waals surface area contributed by atoms with Crippen LogP contribution in [0.4, 0.5) is 5.82 Å². The van der Waals surface area contributed by atoms with E-state index in [4.69, 9.17) is 10.5 Å². The molecule has 0 atom stereocenters. The first kappa shape index (κ1) is 20.1. The average molecular weight is 439 g/mol. The Morgan fingerprint density at radius 2 is 2.03 bits per heavy atom. The molecule has 0 spiro atoms. The lowest BCUT2D eigenvalue weighted by atomic mass is 10.0. The van der Waals surface area contributed by atoms with Gasteiger partial charge in [-0.3, -0.25) is 9.59 Å². The molecule has 7 nitrogen and oxygen atoms in total. The highest BCUT2D eigenvalue weighted by atomic mass is 32.2. The Hall–Kier alpha value is -3.17. The Balaban J connectivity index is 1.72. The monoisotopic (exact) mass is 438 g/mol. The second kappa shape index (κ2) is 8.68. The van der Waals surface area contributed by atoms with Crippen LogP contribution < -0.4 is 11.3 Å². The number of anilines is 1. The standard InChI is InChI=1S/C21H18N4O3S2/c1-2-28-17-11-14(8-9-16(17)26)10-15-18(22)25-20(23-19(15)27)30-24-21(25)29-12-13-6-4-3-5-7-13/h3-11H,2,12,22H2,1H3/b14-10-. The second-order valence-corrected chi connectivity index (χ2v) is 8.03. The SMILES string of the molecule is CCOC1=C/C(=C\c2c(N)n3c(SCc4ccccc4)nsc3nc2=O)C=CC1=O. The van der Waals surface area contributed by atoms with Gasteiger partial charge in [0.25, 0.3) is 5.56 Å². The van der Waals surface area contributed by atoms with Crippen molar-refractivity contribution in [1.29, 1.82) is 0 Å². The van der Waals surface area contributed by atoms with Gasteiger partial charge in [0.15, 0.2) is 10.9 Å². The highest BCUT2D eigenvalue weighted by Crippen LogP contribution is 2.28. The zero-order valence-corrected chi connectivity index (χ0v) is 17.7. The number of rotatable bonds is 6. The van der Waals surface area contributed by atoms with E-state index in [0.717, 1.165) is 17.1 Å². The Kier molecular flexibility index (Phi) is 5.82. The number of ether oxygens (including phenoxy) is 1. The molecular formula is C21H18N4O3S2. The topological polar surface area (TPSA) is 99.6 Å². The Labute approximate surface area is 180 Å². The lowest BCUT2D eigenvalue weighted by Gasteiger charge is -2.10. The molecule has 0 bridgehead atoms. The van der Waals surface area contributed by atoms with Crippen molar-refractivity contribution in [1.82, 2.24) is 13.8 Å². The predicted octanol–water partition coefficient (Wildman–Crippen LogP) is 3.47. The third-order valence-corrected chi connectivity index (χ3v) is 6.15. The van der Waals surface area contributed by atoms with Gasteiger partial charge in [-0.05, 0) is 36.3 Å². The van der Waals surface area contributed by atoms with E-state index in [-0.39, 0.29) is 22.9 Å². The van der Waals surface area contributed by atoms with Crippen molar-refractivity contribution in [2.24, 2.45) is 0 Å². The van der Waals surface area contributed by atoms with Gasteiger partial charge in [0.05, 0.1) is 12.2 Å². The van der Waals surface area contributed by atoms with E-state index in [0.29, 0.717) is 28.1 Å². The van der Waals surface area contributed by atoms with Crippen molar-refractivity contribution >= 4 is 45.9 Å². The molecule has 1 aromatic carbocycles. The molecule has 1 aliphatic rings. The first-order chi connectivity index (χ1) is 14.6. The first-order valence-corrected chi connectivity index (χ1v) is 11.0. The maximum Gasteiger partial charge on any atom is 0.283 e. The molecule has 2 heterocycles. The van der Waals surface area contributed by atoms with Crippen molar-refractivity contribution in [2.75, 3.05) is 12.3 Å². The van der Waals surface area contributed by atoms with E-state index in [2.05, 4.69) is 9.36 Å². The molecule has 0 saturated heterocycles. The molecule has 0 fully saturated rings. The van der Waals surface area contributed by atoms with Crippen LogP contribution in [0, 0.1) is 0 Å². The highest BCUT2D eigenvalue weighted by Gasteiger charge is 2.17. The summed E-state index contributed by atoms with van der Waals surface area (Å²) in [6.07, 6.45) is 6.23. The normalized spacial score (nSPS) is 15.0. The Morgan fingerprint density at radius 1 is 1.23 bits per heavy atom. The minimum absolute atomic E-state index is 0.214. The fourth-order valence-corrected chi connectivity index (χ4v) is 4.71. The lowest BCUT2D eigenvalue weighted by molar-refractivity contribution is -0.114. The summed E-state index contributed by atoms with van der Waals surface area (Å²) in [6, 6.07) is 10.0. The van der Waals surface area contributed by atoms with Crippen molar-refractivity contribution in [3.63, 3.8) is 0 Å². The van der Waals surface area contributed by atoms with E-state index >= 15 is 0 Å². The van der Waals surface area contributed by atoms with Crippen molar-refractivity contribution < 1.29 is 9.53 Å². The maximum absolute atomic E-state index is 12.6. The number of nitrogen functional groups attached to an aromatic ring is 1. The number of carbonyl (C=O) groups is 1. The number of carbonyl (C=O) groups excluding carboxylic acids is 1. The molecule has 152 valence electrons. The van der Waals surface area contributed by atoms with Gasteiger partial charge in [-0.25, -0.2) is 4.40 Å². The lowest BCUT2D eigenvalue weighted by Crippen LogP contribution is -2.17. The van der Waals surface area contributed by atoms with Gasteiger partial charge in [-0.2, -0.15) is 9.36 Å². The number of hydrogen-bond acceptors (Lipinski definition) is 8. The van der Waals surface area contributed by atoms with E-state index in [1.807, 2.05) is 30.3 Å². The quantitative estimate of drug-likeness (QED) is 0.588. The van der Waals surface area contributed by atoms with Gasteiger partial charge in [-0.15, -0.1) is 0 Å². The summed E-state index contributed by atoms with van der Waals surface area (Å²) in [5.41, 5.74) is 7.95. The summed E-state index contributed by atoms with van der Waals surface area (Å²) < 4.78 is 11.5. The largest absolute Gasteiger partial charge is 0.490 e. The maximum atomic E-state index is 12.6. The molecule has 0 aliphatic heterocycles. The number of ketones is 1. The van der Waals surface area contributed by atoms with Crippen LogP contribution in [-0.2, 0) is 15.3 Å². The summed E-state index contributed by atoms with van der Waals surface area (Å²) in [7, 11) is 0.